The van der Waals surface area contributed by atoms with E-state index in [4.69, 9.17) is 4.42 Å². The Balaban J connectivity index is 1.67. The highest BCUT2D eigenvalue weighted by Gasteiger charge is 2.22. The number of benzene rings is 2. The monoisotopic (exact) mass is 345 g/mol. The molecule has 2 aromatic carbocycles. The van der Waals surface area contributed by atoms with E-state index in [0.717, 1.165) is 17.5 Å². The number of allylic oxidation sites excluding steroid dienone is 1. The molecule has 0 fully saturated rings. The number of nitrogens with zero attached hydrogens (tertiary/aromatic N) is 1. The molecule has 0 bridgehead atoms. The van der Waals surface area contributed by atoms with Gasteiger partial charge in [0.15, 0.2) is 5.78 Å². The molecule has 5 nitrogen and oxygen atoms in total. The summed E-state index contributed by atoms with van der Waals surface area (Å²) in [6.07, 6.45) is 3.19. The lowest BCUT2D eigenvalue weighted by atomic mass is 9.86. The fourth-order valence-electron chi connectivity index (χ4n) is 3.24. The third-order valence-electron chi connectivity index (χ3n) is 4.53. The molecule has 0 saturated carbocycles. The van der Waals surface area contributed by atoms with Crippen molar-refractivity contribution in [2.24, 2.45) is 0 Å². The molecule has 1 aromatic heterocycles. The van der Waals surface area contributed by atoms with Gasteiger partial charge in [-0.2, -0.15) is 0 Å². The molecular formula is C21H15NO4. The molecular weight excluding hydrogens is 330 g/mol. The first-order valence-electron chi connectivity index (χ1n) is 8.30. The van der Waals surface area contributed by atoms with Gasteiger partial charge in [-0.1, -0.05) is 36.4 Å². The normalized spacial score (nSPS) is 15.1. The number of carbonyl (C=O) groups excluding carboxylic acids is 1. The second kappa shape index (κ2) is 6.44. The zero-order chi connectivity index (χ0) is 18.1. The van der Waals surface area contributed by atoms with Gasteiger partial charge in [-0.25, -0.2) is 0 Å². The average Bonchev–Trinajstić information content (AvgIpc) is 3.13. The molecule has 0 saturated heterocycles. The first kappa shape index (κ1) is 16.0. The minimum Gasteiger partial charge on any atom is -0.456 e. The maximum absolute atomic E-state index is 12.6. The summed E-state index contributed by atoms with van der Waals surface area (Å²) in [5, 5.41) is 11.2. The molecule has 0 atom stereocenters. The molecule has 0 amide bonds. The van der Waals surface area contributed by atoms with Crippen molar-refractivity contribution >= 4 is 17.5 Å². The van der Waals surface area contributed by atoms with Gasteiger partial charge in [0.1, 0.15) is 11.5 Å². The summed E-state index contributed by atoms with van der Waals surface area (Å²) in [5.41, 5.74) is 2.89. The van der Waals surface area contributed by atoms with Crippen molar-refractivity contribution in [2.45, 2.75) is 12.8 Å². The van der Waals surface area contributed by atoms with Crippen molar-refractivity contribution in [3.8, 4) is 11.3 Å². The predicted octanol–water partition coefficient (Wildman–Crippen LogP) is 5.07. The van der Waals surface area contributed by atoms with Crippen molar-refractivity contribution in [1.82, 2.24) is 0 Å². The summed E-state index contributed by atoms with van der Waals surface area (Å²) in [6.45, 7) is 0. The van der Waals surface area contributed by atoms with E-state index in [1.54, 1.807) is 36.4 Å². The molecule has 1 aliphatic carbocycles. The molecule has 0 radical (unpaired) electrons. The fraction of sp³-hybridized carbons (Fsp3) is 0.0952. The number of furan rings is 1. The van der Waals surface area contributed by atoms with Crippen LogP contribution in [0.2, 0.25) is 0 Å². The highest BCUT2D eigenvalue weighted by molar-refractivity contribution is 6.13. The van der Waals surface area contributed by atoms with E-state index in [1.165, 1.54) is 6.07 Å². The van der Waals surface area contributed by atoms with E-state index in [2.05, 4.69) is 0 Å². The number of ketones is 1. The van der Waals surface area contributed by atoms with Gasteiger partial charge in [-0.3, -0.25) is 14.9 Å². The Morgan fingerprint density at radius 2 is 1.65 bits per heavy atom. The van der Waals surface area contributed by atoms with Crippen LogP contribution in [0.25, 0.3) is 17.4 Å². The third kappa shape index (κ3) is 2.84. The second-order valence-electron chi connectivity index (χ2n) is 6.13. The number of Topliss-reactive ketones (excluding diaryl/α,β-unsaturated/α-hetero) is 1. The number of aryl methyl sites for hydroxylation is 1. The molecule has 0 N–H and O–H groups in total. The number of rotatable bonds is 3. The van der Waals surface area contributed by atoms with Gasteiger partial charge in [0.25, 0.3) is 5.69 Å². The molecule has 3 aromatic rings. The largest absolute Gasteiger partial charge is 0.456 e. The second-order valence-corrected chi connectivity index (χ2v) is 6.13. The molecule has 26 heavy (non-hydrogen) atoms. The Kier molecular flexibility index (Phi) is 3.97. The first-order valence-corrected chi connectivity index (χ1v) is 8.30. The Hall–Kier alpha value is -3.47. The number of hydrogen-bond donors (Lipinski definition) is 0. The zero-order valence-electron chi connectivity index (χ0n) is 13.8. The van der Waals surface area contributed by atoms with Crippen LogP contribution < -0.4 is 0 Å². The zero-order valence-corrected chi connectivity index (χ0v) is 13.8. The van der Waals surface area contributed by atoms with E-state index in [0.29, 0.717) is 29.1 Å². The smallest absolute Gasteiger partial charge is 0.280 e. The molecule has 0 unspecified atom stereocenters. The lowest BCUT2D eigenvalue weighted by molar-refractivity contribution is -0.384. The van der Waals surface area contributed by atoms with Crippen LogP contribution in [0, 0.1) is 10.1 Å². The van der Waals surface area contributed by atoms with Crippen LogP contribution in [-0.4, -0.2) is 10.7 Å². The number of hydrogen-bond acceptors (Lipinski definition) is 4. The SMILES string of the molecule is O=C1/C(=C\c2ccc(-c3ccccc3[N+](=O)[O-])o2)CCc2ccccc21. The van der Waals surface area contributed by atoms with Gasteiger partial charge < -0.3 is 4.42 Å². The molecule has 0 spiro atoms. The van der Waals surface area contributed by atoms with Crippen molar-refractivity contribution in [2.75, 3.05) is 0 Å². The maximum atomic E-state index is 12.6. The lowest BCUT2D eigenvalue weighted by Crippen LogP contribution is -2.13. The summed E-state index contributed by atoms with van der Waals surface area (Å²) in [4.78, 5) is 23.4. The van der Waals surface area contributed by atoms with Crippen LogP contribution in [0.15, 0.2) is 70.7 Å². The van der Waals surface area contributed by atoms with Gasteiger partial charge in [-0.15, -0.1) is 0 Å². The van der Waals surface area contributed by atoms with Crippen LogP contribution in [-0.2, 0) is 6.42 Å². The van der Waals surface area contributed by atoms with Crippen LogP contribution in [0.3, 0.4) is 0 Å². The van der Waals surface area contributed by atoms with Crippen molar-refractivity contribution in [1.29, 1.82) is 0 Å². The standard InChI is InChI=1S/C21H15NO4/c23-21-15(10-9-14-5-1-2-6-17(14)21)13-16-11-12-20(26-16)18-7-3-4-8-19(18)22(24)25/h1-8,11-13H,9-10H2/b15-13-. The van der Waals surface area contributed by atoms with Gasteiger partial charge in [-0.05, 0) is 42.7 Å². The summed E-state index contributed by atoms with van der Waals surface area (Å²) in [5.74, 6) is 0.934. The summed E-state index contributed by atoms with van der Waals surface area (Å²) >= 11 is 0. The van der Waals surface area contributed by atoms with Gasteiger partial charge >= 0.3 is 0 Å². The van der Waals surface area contributed by atoms with E-state index in [9.17, 15) is 14.9 Å². The Morgan fingerprint density at radius 1 is 0.923 bits per heavy atom. The van der Waals surface area contributed by atoms with E-state index in [1.807, 2.05) is 24.3 Å². The number of nitro benzene ring substituents is 1. The summed E-state index contributed by atoms with van der Waals surface area (Å²) in [7, 11) is 0. The Morgan fingerprint density at radius 3 is 2.46 bits per heavy atom. The molecule has 1 aliphatic rings. The van der Waals surface area contributed by atoms with Crippen LogP contribution in [0.1, 0.15) is 28.1 Å². The highest BCUT2D eigenvalue weighted by atomic mass is 16.6. The van der Waals surface area contributed by atoms with Crippen molar-refractivity contribution < 1.29 is 14.1 Å². The predicted molar refractivity (Wildman–Crippen MR) is 97.9 cm³/mol. The maximum Gasteiger partial charge on any atom is 0.280 e. The number of para-hydroxylation sites is 1. The van der Waals surface area contributed by atoms with Crippen LogP contribution >= 0.6 is 0 Å². The van der Waals surface area contributed by atoms with E-state index in [-0.39, 0.29) is 11.5 Å². The number of carbonyl (C=O) groups is 1. The van der Waals surface area contributed by atoms with Gasteiger partial charge in [0.2, 0.25) is 0 Å². The van der Waals surface area contributed by atoms with E-state index >= 15 is 0 Å². The first-order chi connectivity index (χ1) is 12.6. The minimum atomic E-state index is -0.433. The minimum absolute atomic E-state index is 0.00971. The molecule has 0 aliphatic heterocycles. The third-order valence-corrected chi connectivity index (χ3v) is 4.53. The molecule has 5 heteroatoms. The number of fused-ring (bicyclic) bond motifs is 1. The molecule has 128 valence electrons. The quantitative estimate of drug-likeness (QED) is 0.377. The average molecular weight is 345 g/mol. The topological polar surface area (TPSA) is 73.3 Å². The van der Waals surface area contributed by atoms with Crippen LogP contribution in [0.5, 0.6) is 0 Å². The Labute approximate surface area is 149 Å². The lowest BCUT2D eigenvalue weighted by Gasteiger charge is -2.16. The Bertz CT molecular complexity index is 1050. The molecule has 1 heterocycles. The highest BCUT2D eigenvalue weighted by Crippen LogP contribution is 2.32. The fourth-order valence-corrected chi connectivity index (χ4v) is 3.24. The summed E-state index contributed by atoms with van der Waals surface area (Å²) < 4.78 is 5.77. The van der Waals surface area contributed by atoms with Gasteiger partial charge in [0, 0.05) is 17.2 Å². The van der Waals surface area contributed by atoms with Crippen LogP contribution in [0.4, 0.5) is 5.69 Å². The number of nitro groups is 1. The van der Waals surface area contributed by atoms with E-state index < -0.39 is 4.92 Å². The van der Waals surface area contributed by atoms with Crippen molar-refractivity contribution in [3.63, 3.8) is 0 Å². The summed E-state index contributed by atoms with van der Waals surface area (Å²) in [6, 6.07) is 17.5. The van der Waals surface area contributed by atoms with Crippen molar-refractivity contribution in [3.05, 3.63) is 93.2 Å². The van der Waals surface area contributed by atoms with Gasteiger partial charge in [0.05, 0.1) is 10.5 Å². The molecule has 4 rings (SSSR count).